The first-order valence-electron chi connectivity index (χ1n) is 4.89. The van der Waals surface area contributed by atoms with E-state index in [0.717, 1.165) is 11.5 Å². The molecule has 0 aliphatic carbocycles. The minimum Gasteiger partial charge on any atom is -0.397 e. The predicted octanol–water partition coefficient (Wildman–Crippen LogP) is 0.957. The molecule has 0 aliphatic heterocycles. The molecule has 0 spiro atoms. The fraction of sp³-hybridized carbons (Fsp3) is 0.364. The molecule has 3 N–H and O–H groups in total. The van der Waals surface area contributed by atoms with Gasteiger partial charge in [-0.2, -0.15) is 0 Å². The van der Waals surface area contributed by atoms with Gasteiger partial charge in [-0.1, -0.05) is 6.08 Å². The van der Waals surface area contributed by atoms with E-state index in [9.17, 15) is 0 Å². The van der Waals surface area contributed by atoms with E-state index < -0.39 is 0 Å². The molecule has 4 nitrogen and oxygen atoms in total. The first-order valence-corrected chi connectivity index (χ1v) is 4.89. The zero-order chi connectivity index (χ0) is 11.3. The first kappa shape index (κ1) is 11.5. The largest absolute Gasteiger partial charge is 0.397 e. The number of aromatic nitrogens is 1. The molecule has 0 radical (unpaired) electrons. The summed E-state index contributed by atoms with van der Waals surface area (Å²) >= 11 is 0. The lowest BCUT2D eigenvalue weighted by molar-refractivity contribution is 0.302. The number of nitrogens with two attached hydrogens (primary N) is 1. The summed E-state index contributed by atoms with van der Waals surface area (Å²) < 4.78 is 0. The van der Waals surface area contributed by atoms with Crippen molar-refractivity contribution in [2.45, 2.75) is 6.92 Å². The molecule has 0 aliphatic rings. The minimum absolute atomic E-state index is 0.0962. The van der Waals surface area contributed by atoms with Crippen molar-refractivity contribution in [1.29, 1.82) is 0 Å². The van der Waals surface area contributed by atoms with E-state index in [2.05, 4.69) is 11.6 Å². The number of hydrogen-bond acceptors (Lipinski definition) is 4. The number of nitrogens with zero attached hydrogens (tertiary/aromatic N) is 2. The summed E-state index contributed by atoms with van der Waals surface area (Å²) in [6.07, 6.45) is 1.78. The third kappa shape index (κ3) is 2.95. The molecule has 1 aromatic rings. The van der Waals surface area contributed by atoms with Crippen molar-refractivity contribution in [1.82, 2.24) is 4.98 Å². The van der Waals surface area contributed by atoms with Crippen LogP contribution in [0.2, 0.25) is 0 Å². The van der Waals surface area contributed by atoms with Crippen molar-refractivity contribution in [3.05, 3.63) is 30.5 Å². The Hall–Kier alpha value is -1.55. The smallest absolute Gasteiger partial charge is 0.129 e. The summed E-state index contributed by atoms with van der Waals surface area (Å²) in [5, 5.41) is 8.92. The maximum absolute atomic E-state index is 8.92. The predicted molar refractivity (Wildman–Crippen MR) is 62.9 cm³/mol. The van der Waals surface area contributed by atoms with E-state index in [1.54, 1.807) is 6.08 Å². The first-order chi connectivity index (χ1) is 7.19. The van der Waals surface area contributed by atoms with Crippen LogP contribution in [-0.2, 0) is 0 Å². The maximum Gasteiger partial charge on any atom is 0.129 e. The highest BCUT2D eigenvalue weighted by atomic mass is 16.3. The second-order valence-corrected chi connectivity index (χ2v) is 3.30. The maximum atomic E-state index is 8.92. The third-order valence-corrected chi connectivity index (χ3v) is 2.16. The van der Waals surface area contributed by atoms with Gasteiger partial charge < -0.3 is 15.7 Å². The van der Waals surface area contributed by atoms with Gasteiger partial charge in [-0.15, -0.1) is 6.58 Å². The summed E-state index contributed by atoms with van der Waals surface area (Å²) in [4.78, 5) is 6.30. The average Bonchev–Trinajstić information content (AvgIpc) is 2.22. The lowest BCUT2D eigenvalue weighted by Crippen LogP contribution is -2.27. The summed E-state index contributed by atoms with van der Waals surface area (Å²) in [5.74, 6) is 0.815. The topological polar surface area (TPSA) is 62.4 Å². The van der Waals surface area contributed by atoms with Gasteiger partial charge in [-0.25, -0.2) is 4.98 Å². The standard InChI is InChI=1S/C11H17N3O/c1-3-6-14(7-8-15)11-5-4-10(12)9(2)13-11/h3-5,15H,1,6-8,12H2,2H3. The van der Waals surface area contributed by atoms with Gasteiger partial charge in [0, 0.05) is 13.1 Å². The number of pyridine rings is 1. The second-order valence-electron chi connectivity index (χ2n) is 3.30. The Morgan fingerprint density at radius 1 is 1.60 bits per heavy atom. The molecule has 0 unspecified atom stereocenters. The van der Waals surface area contributed by atoms with E-state index in [1.807, 2.05) is 24.0 Å². The molecule has 82 valence electrons. The molecule has 0 saturated carbocycles. The van der Waals surface area contributed by atoms with Crippen molar-refractivity contribution in [3.8, 4) is 0 Å². The van der Waals surface area contributed by atoms with Crippen molar-refractivity contribution < 1.29 is 5.11 Å². The van der Waals surface area contributed by atoms with Crippen LogP contribution >= 0.6 is 0 Å². The van der Waals surface area contributed by atoms with E-state index in [0.29, 0.717) is 18.8 Å². The van der Waals surface area contributed by atoms with Crippen molar-refractivity contribution in [2.75, 3.05) is 30.3 Å². The number of hydrogen-bond donors (Lipinski definition) is 2. The Bertz CT molecular complexity index is 339. The normalized spacial score (nSPS) is 10.0. The van der Waals surface area contributed by atoms with Crippen LogP contribution in [0, 0.1) is 6.92 Å². The van der Waals surface area contributed by atoms with Gasteiger partial charge in [-0.3, -0.25) is 0 Å². The van der Waals surface area contributed by atoms with Gasteiger partial charge in [0.25, 0.3) is 0 Å². The van der Waals surface area contributed by atoms with E-state index in [-0.39, 0.29) is 6.61 Å². The highest BCUT2D eigenvalue weighted by molar-refractivity contribution is 5.50. The lowest BCUT2D eigenvalue weighted by atomic mass is 10.3. The fourth-order valence-corrected chi connectivity index (χ4v) is 1.31. The van der Waals surface area contributed by atoms with Gasteiger partial charge in [0.1, 0.15) is 5.82 Å². The molecule has 0 bridgehead atoms. The van der Waals surface area contributed by atoms with Crippen LogP contribution in [0.15, 0.2) is 24.8 Å². The third-order valence-electron chi connectivity index (χ3n) is 2.16. The van der Waals surface area contributed by atoms with Gasteiger partial charge in [0.15, 0.2) is 0 Å². The van der Waals surface area contributed by atoms with Crippen LogP contribution in [0.5, 0.6) is 0 Å². The highest BCUT2D eigenvalue weighted by Gasteiger charge is 2.06. The number of nitrogen functional groups attached to an aromatic ring is 1. The Morgan fingerprint density at radius 3 is 2.87 bits per heavy atom. The van der Waals surface area contributed by atoms with Gasteiger partial charge in [-0.05, 0) is 19.1 Å². The van der Waals surface area contributed by atoms with E-state index in [4.69, 9.17) is 10.8 Å². The number of aliphatic hydroxyl groups excluding tert-OH is 1. The Morgan fingerprint density at radius 2 is 2.33 bits per heavy atom. The molecule has 0 amide bonds. The molecule has 0 fully saturated rings. The van der Waals surface area contributed by atoms with Crippen molar-refractivity contribution >= 4 is 11.5 Å². The molecular weight excluding hydrogens is 190 g/mol. The second kappa shape index (κ2) is 5.36. The molecule has 15 heavy (non-hydrogen) atoms. The Kier molecular flexibility index (Phi) is 4.12. The van der Waals surface area contributed by atoms with E-state index >= 15 is 0 Å². The highest BCUT2D eigenvalue weighted by Crippen LogP contribution is 2.15. The number of aryl methyl sites for hydroxylation is 1. The molecule has 0 atom stereocenters. The van der Waals surface area contributed by atoms with Crippen LogP contribution in [0.25, 0.3) is 0 Å². The van der Waals surface area contributed by atoms with Gasteiger partial charge in [0.2, 0.25) is 0 Å². The average molecular weight is 207 g/mol. The lowest BCUT2D eigenvalue weighted by Gasteiger charge is -2.21. The number of aliphatic hydroxyl groups is 1. The molecule has 0 aromatic carbocycles. The minimum atomic E-state index is 0.0962. The van der Waals surface area contributed by atoms with Crippen molar-refractivity contribution in [2.24, 2.45) is 0 Å². The van der Waals surface area contributed by atoms with Crippen LogP contribution in [-0.4, -0.2) is 29.8 Å². The number of anilines is 2. The SMILES string of the molecule is C=CCN(CCO)c1ccc(N)c(C)n1. The summed E-state index contributed by atoms with van der Waals surface area (Å²) in [6.45, 7) is 6.84. The van der Waals surface area contributed by atoms with Crippen LogP contribution in [0.3, 0.4) is 0 Å². The monoisotopic (exact) mass is 207 g/mol. The van der Waals surface area contributed by atoms with Gasteiger partial charge >= 0.3 is 0 Å². The number of rotatable bonds is 5. The van der Waals surface area contributed by atoms with Crippen LogP contribution in [0.1, 0.15) is 5.69 Å². The molecule has 0 saturated heterocycles. The van der Waals surface area contributed by atoms with Crippen LogP contribution < -0.4 is 10.6 Å². The molecule has 1 rings (SSSR count). The zero-order valence-electron chi connectivity index (χ0n) is 8.98. The molecule has 1 aromatic heterocycles. The fourth-order valence-electron chi connectivity index (χ4n) is 1.31. The van der Waals surface area contributed by atoms with E-state index in [1.165, 1.54) is 0 Å². The Labute approximate surface area is 90.0 Å². The summed E-state index contributed by atoms with van der Waals surface area (Å²) in [6, 6.07) is 3.67. The Balaban J connectivity index is 2.89. The van der Waals surface area contributed by atoms with Crippen LogP contribution in [0.4, 0.5) is 11.5 Å². The molecule has 4 heteroatoms. The summed E-state index contributed by atoms with van der Waals surface area (Å²) in [7, 11) is 0. The van der Waals surface area contributed by atoms with Crippen molar-refractivity contribution in [3.63, 3.8) is 0 Å². The zero-order valence-corrected chi connectivity index (χ0v) is 8.98. The molecular formula is C11H17N3O. The quantitative estimate of drug-likeness (QED) is 0.706. The summed E-state index contributed by atoms with van der Waals surface area (Å²) in [5.41, 5.74) is 7.17. The molecule has 1 heterocycles. The van der Waals surface area contributed by atoms with Gasteiger partial charge in [0.05, 0.1) is 18.0 Å².